The van der Waals surface area contributed by atoms with Crippen molar-refractivity contribution in [2.45, 2.75) is 25.8 Å². The van der Waals surface area contributed by atoms with Crippen LogP contribution < -0.4 is 10.6 Å². The Hall–Kier alpha value is -2.70. The van der Waals surface area contributed by atoms with Crippen molar-refractivity contribution >= 4 is 23.5 Å². The molecular formula is C14H15N5O2. The third kappa shape index (κ3) is 2.49. The predicted molar refractivity (Wildman–Crippen MR) is 76.8 cm³/mol. The van der Waals surface area contributed by atoms with E-state index in [0.717, 1.165) is 5.56 Å². The molecule has 1 aliphatic heterocycles. The largest absolute Gasteiger partial charge is 0.326 e. The summed E-state index contributed by atoms with van der Waals surface area (Å²) < 4.78 is 1.73. The highest BCUT2D eigenvalue weighted by Crippen LogP contribution is 2.32. The van der Waals surface area contributed by atoms with E-state index in [0.29, 0.717) is 18.2 Å². The minimum absolute atomic E-state index is 0.128. The Kier molecular flexibility index (Phi) is 3.39. The molecule has 1 aromatic heterocycles. The van der Waals surface area contributed by atoms with Crippen LogP contribution in [0.25, 0.3) is 0 Å². The van der Waals surface area contributed by atoms with Gasteiger partial charge in [0.1, 0.15) is 6.33 Å². The van der Waals surface area contributed by atoms with E-state index in [1.54, 1.807) is 17.0 Å². The molecule has 1 atom stereocenters. The molecule has 7 heteroatoms. The Morgan fingerprint density at radius 1 is 1.48 bits per heavy atom. The maximum absolute atomic E-state index is 12.5. The standard InChI is InChI=1S/C14H15N5O2/c1-2-19-8-15-18-14(19)17-13(21)10-7-12(20)16-11-6-4-3-5-9(10)11/h3-6,8,10H,2,7H2,1H3,(H,16,20)(H,17,18,21). The molecule has 2 heterocycles. The second-order valence-corrected chi connectivity index (χ2v) is 4.82. The number of benzene rings is 1. The number of para-hydroxylation sites is 1. The van der Waals surface area contributed by atoms with E-state index in [-0.39, 0.29) is 18.2 Å². The van der Waals surface area contributed by atoms with Crippen molar-refractivity contribution < 1.29 is 9.59 Å². The highest BCUT2D eigenvalue weighted by molar-refractivity contribution is 6.04. The average Bonchev–Trinajstić information content (AvgIpc) is 2.93. The first-order chi connectivity index (χ1) is 10.2. The van der Waals surface area contributed by atoms with E-state index in [1.807, 2.05) is 25.1 Å². The number of carbonyl (C=O) groups excluding carboxylic acids is 2. The monoisotopic (exact) mass is 285 g/mol. The number of hydrogen-bond acceptors (Lipinski definition) is 4. The number of anilines is 2. The van der Waals surface area contributed by atoms with Gasteiger partial charge >= 0.3 is 0 Å². The van der Waals surface area contributed by atoms with Crippen molar-refractivity contribution in [2.75, 3.05) is 10.6 Å². The van der Waals surface area contributed by atoms with Crippen LogP contribution in [-0.4, -0.2) is 26.6 Å². The predicted octanol–water partition coefficient (Wildman–Crippen LogP) is 1.36. The summed E-state index contributed by atoms with van der Waals surface area (Å²) in [5, 5.41) is 13.2. The average molecular weight is 285 g/mol. The number of nitrogens with zero attached hydrogens (tertiary/aromatic N) is 3. The highest BCUT2D eigenvalue weighted by Gasteiger charge is 2.31. The van der Waals surface area contributed by atoms with Crippen LogP contribution in [0.2, 0.25) is 0 Å². The molecule has 0 saturated carbocycles. The summed E-state index contributed by atoms with van der Waals surface area (Å²) in [6.07, 6.45) is 1.68. The number of carbonyl (C=O) groups is 2. The van der Waals surface area contributed by atoms with E-state index in [4.69, 9.17) is 0 Å². The van der Waals surface area contributed by atoms with Gasteiger partial charge in [-0.05, 0) is 18.6 Å². The van der Waals surface area contributed by atoms with E-state index < -0.39 is 5.92 Å². The summed E-state index contributed by atoms with van der Waals surface area (Å²) >= 11 is 0. The van der Waals surface area contributed by atoms with Gasteiger partial charge < -0.3 is 9.88 Å². The number of amides is 2. The molecule has 0 aliphatic carbocycles. The van der Waals surface area contributed by atoms with Crippen LogP contribution in [0.5, 0.6) is 0 Å². The summed E-state index contributed by atoms with van der Waals surface area (Å²) in [6, 6.07) is 7.32. The highest BCUT2D eigenvalue weighted by atomic mass is 16.2. The topological polar surface area (TPSA) is 88.9 Å². The van der Waals surface area contributed by atoms with Crippen molar-refractivity contribution in [3.05, 3.63) is 36.2 Å². The van der Waals surface area contributed by atoms with Gasteiger partial charge in [-0.3, -0.25) is 14.9 Å². The molecule has 0 saturated heterocycles. The number of nitrogens with one attached hydrogen (secondary N) is 2. The molecule has 1 aliphatic rings. The van der Waals surface area contributed by atoms with Crippen molar-refractivity contribution in [2.24, 2.45) is 0 Å². The maximum Gasteiger partial charge on any atom is 0.234 e. The summed E-state index contributed by atoms with van der Waals surface area (Å²) in [6.45, 7) is 2.59. The molecule has 2 N–H and O–H groups in total. The molecule has 3 rings (SSSR count). The van der Waals surface area contributed by atoms with Crippen LogP contribution in [0.15, 0.2) is 30.6 Å². The summed E-state index contributed by atoms with van der Waals surface area (Å²) in [7, 11) is 0. The van der Waals surface area contributed by atoms with Gasteiger partial charge in [0.25, 0.3) is 0 Å². The minimum Gasteiger partial charge on any atom is -0.326 e. The zero-order valence-corrected chi connectivity index (χ0v) is 11.5. The normalized spacial score (nSPS) is 17.0. The smallest absolute Gasteiger partial charge is 0.234 e. The molecule has 0 radical (unpaired) electrons. The van der Waals surface area contributed by atoms with Crippen molar-refractivity contribution in [1.29, 1.82) is 0 Å². The van der Waals surface area contributed by atoms with Crippen LogP contribution in [-0.2, 0) is 16.1 Å². The summed E-state index contributed by atoms with van der Waals surface area (Å²) in [5.41, 5.74) is 1.50. The van der Waals surface area contributed by atoms with Crippen molar-refractivity contribution in [1.82, 2.24) is 14.8 Å². The lowest BCUT2D eigenvalue weighted by Crippen LogP contribution is -2.31. The van der Waals surface area contributed by atoms with Crippen LogP contribution in [0, 0.1) is 0 Å². The van der Waals surface area contributed by atoms with Crippen molar-refractivity contribution in [3.63, 3.8) is 0 Å². The minimum atomic E-state index is -0.517. The van der Waals surface area contributed by atoms with Gasteiger partial charge in [-0.1, -0.05) is 18.2 Å². The number of aryl methyl sites for hydroxylation is 1. The third-order valence-electron chi connectivity index (χ3n) is 3.51. The number of hydrogen-bond donors (Lipinski definition) is 2. The Balaban J connectivity index is 1.86. The first-order valence-electron chi connectivity index (χ1n) is 6.76. The van der Waals surface area contributed by atoms with Crippen molar-refractivity contribution in [3.8, 4) is 0 Å². The van der Waals surface area contributed by atoms with E-state index in [2.05, 4.69) is 20.8 Å². The quantitative estimate of drug-likeness (QED) is 0.891. The zero-order chi connectivity index (χ0) is 14.8. The van der Waals surface area contributed by atoms with E-state index in [9.17, 15) is 9.59 Å². The van der Waals surface area contributed by atoms with Crippen LogP contribution >= 0.6 is 0 Å². The van der Waals surface area contributed by atoms with Gasteiger partial charge in [0.15, 0.2) is 0 Å². The van der Waals surface area contributed by atoms with Crippen LogP contribution in [0.4, 0.5) is 11.6 Å². The van der Waals surface area contributed by atoms with Gasteiger partial charge in [0.05, 0.1) is 5.92 Å². The maximum atomic E-state index is 12.5. The summed E-state index contributed by atoms with van der Waals surface area (Å²) in [5.74, 6) is -0.534. The molecule has 0 fully saturated rings. The number of aromatic nitrogens is 3. The lowest BCUT2D eigenvalue weighted by molar-refractivity contribution is -0.123. The Bertz CT molecular complexity index is 694. The zero-order valence-electron chi connectivity index (χ0n) is 11.5. The fourth-order valence-corrected chi connectivity index (χ4v) is 2.43. The van der Waals surface area contributed by atoms with E-state index in [1.165, 1.54) is 0 Å². The van der Waals surface area contributed by atoms with Crippen LogP contribution in [0.3, 0.4) is 0 Å². The molecule has 2 amide bonds. The number of fused-ring (bicyclic) bond motifs is 1. The van der Waals surface area contributed by atoms with Gasteiger partial charge in [-0.15, -0.1) is 10.2 Å². The fourth-order valence-electron chi connectivity index (χ4n) is 2.43. The molecule has 7 nitrogen and oxygen atoms in total. The SMILES string of the molecule is CCn1cnnc1NC(=O)C1CC(=O)Nc2ccccc21. The molecule has 21 heavy (non-hydrogen) atoms. The summed E-state index contributed by atoms with van der Waals surface area (Å²) in [4.78, 5) is 24.2. The van der Waals surface area contributed by atoms with Crippen LogP contribution in [0.1, 0.15) is 24.8 Å². The lowest BCUT2D eigenvalue weighted by atomic mass is 9.90. The van der Waals surface area contributed by atoms with Gasteiger partial charge in [-0.2, -0.15) is 0 Å². The first kappa shape index (κ1) is 13.3. The molecule has 1 unspecified atom stereocenters. The molecule has 0 bridgehead atoms. The Morgan fingerprint density at radius 2 is 2.29 bits per heavy atom. The first-order valence-corrected chi connectivity index (χ1v) is 6.76. The molecule has 1 aromatic carbocycles. The lowest BCUT2D eigenvalue weighted by Gasteiger charge is -2.24. The fraction of sp³-hybridized carbons (Fsp3) is 0.286. The van der Waals surface area contributed by atoms with Gasteiger partial charge in [0, 0.05) is 18.7 Å². The Morgan fingerprint density at radius 3 is 3.10 bits per heavy atom. The molecule has 108 valence electrons. The molecule has 2 aromatic rings. The second-order valence-electron chi connectivity index (χ2n) is 4.82. The van der Waals surface area contributed by atoms with Gasteiger partial charge in [-0.25, -0.2) is 0 Å². The molecular weight excluding hydrogens is 270 g/mol. The third-order valence-corrected chi connectivity index (χ3v) is 3.51. The molecule has 0 spiro atoms. The van der Waals surface area contributed by atoms with Gasteiger partial charge in [0.2, 0.25) is 17.8 Å². The van der Waals surface area contributed by atoms with E-state index >= 15 is 0 Å². The number of rotatable bonds is 3. The second kappa shape index (κ2) is 5.35. The Labute approximate surface area is 121 Å².